The largest absolute Gasteiger partial charge is 0.490 e. The van der Waals surface area contributed by atoms with E-state index in [9.17, 15) is 4.79 Å². The Hall–Kier alpha value is -2.36. The van der Waals surface area contributed by atoms with Gasteiger partial charge >= 0.3 is 0 Å². The van der Waals surface area contributed by atoms with Crippen LogP contribution in [0, 0.1) is 0 Å². The fourth-order valence-electron chi connectivity index (χ4n) is 2.79. The number of ether oxygens (including phenoxy) is 2. The van der Waals surface area contributed by atoms with Crippen LogP contribution in [-0.2, 0) is 4.79 Å². The highest BCUT2D eigenvalue weighted by Crippen LogP contribution is 2.36. The highest BCUT2D eigenvalue weighted by Gasteiger charge is 2.12. The van der Waals surface area contributed by atoms with Crippen LogP contribution in [0.1, 0.15) is 32.3 Å². The Morgan fingerprint density at radius 1 is 1.24 bits per heavy atom. The number of thiazole rings is 1. The molecule has 174 valence electrons. The fraction of sp³-hybridized carbons (Fsp3) is 0.292. The van der Waals surface area contributed by atoms with Crippen molar-refractivity contribution < 1.29 is 14.3 Å². The maximum atomic E-state index is 12.2. The molecule has 6 nitrogen and oxygen atoms in total. The average molecular weight is 549 g/mol. The lowest BCUT2D eigenvalue weighted by Crippen LogP contribution is -2.19. The van der Waals surface area contributed by atoms with Crippen LogP contribution in [0.2, 0.25) is 0 Å². The summed E-state index contributed by atoms with van der Waals surface area (Å²) in [6, 6.07) is 13.7. The van der Waals surface area contributed by atoms with Crippen molar-refractivity contribution in [1.29, 1.82) is 0 Å². The number of amides is 1. The number of thioether (sulfide) groups is 1. The lowest BCUT2D eigenvalue weighted by molar-refractivity contribution is -0.118. The Morgan fingerprint density at radius 3 is 2.82 bits per heavy atom. The Balaban J connectivity index is 1.54. The summed E-state index contributed by atoms with van der Waals surface area (Å²) < 4.78 is 13.2. The molecule has 3 aromatic rings. The van der Waals surface area contributed by atoms with E-state index in [2.05, 4.69) is 38.4 Å². The molecule has 1 aromatic heterocycles. The maximum absolute atomic E-state index is 12.2. The molecular weight excluding hydrogens is 522 g/mol. The third kappa shape index (κ3) is 7.87. The van der Waals surface area contributed by atoms with Gasteiger partial charge in [0.05, 0.1) is 35.3 Å². The number of nitrogens with zero attached hydrogens (tertiary/aromatic N) is 2. The van der Waals surface area contributed by atoms with Crippen molar-refractivity contribution in [1.82, 2.24) is 10.4 Å². The van der Waals surface area contributed by atoms with E-state index >= 15 is 0 Å². The number of benzene rings is 2. The van der Waals surface area contributed by atoms with E-state index in [-0.39, 0.29) is 11.7 Å². The van der Waals surface area contributed by atoms with E-state index < -0.39 is 0 Å². The van der Waals surface area contributed by atoms with Crippen molar-refractivity contribution in [3.05, 3.63) is 57.9 Å². The minimum absolute atomic E-state index is 0.198. The number of aromatic nitrogens is 1. The van der Waals surface area contributed by atoms with Gasteiger partial charge in [-0.1, -0.05) is 55.4 Å². The smallest absolute Gasteiger partial charge is 0.250 e. The van der Waals surface area contributed by atoms with E-state index in [0.29, 0.717) is 24.7 Å². The number of hydrogen-bond donors (Lipinski definition) is 1. The van der Waals surface area contributed by atoms with Crippen molar-refractivity contribution in [2.45, 2.75) is 31.0 Å². The maximum Gasteiger partial charge on any atom is 0.250 e. The van der Waals surface area contributed by atoms with Crippen molar-refractivity contribution in [2.24, 2.45) is 5.10 Å². The number of rotatable bonds is 12. The summed E-state index contributed by atoms with van der Waals surface area (Å²) in [5, 5.41) is 6.08. The number of carbonyl (C=O) groups excluding carboxylic acids is 1. The van der Waals surface area contributed by atoms with Gasteiger partial charge in [-0.15, -0.1) is 11.3 Å². The molecule has 33 heavy (non-hydrogen) atoms. The lowest BCUT2D eigenvalue weighted by Gasteiger charge is -2.14. The molecule has 0 radical (unpaired) electrons. The van der Waals surface area contributed by atoms with Gasteiger partial charge in [0.25, 0.3) is 5.91 Å². The van der Waals surface area contributed by atoms with Crippen molar-refractivity contribution in [3.63, 3.8) is 0 Å². The number of hydrazone groups is 1. The molecule has 3 rings (SSSR count). The summed E-state index contributed by atoms with van der Waals surface area (Å²) in [5.41, 5.74) is 5.33. The molecule has 0 spiro atoms. The van der Waals surface area contributed by atoms with Crippen molar-refractivity contribution in [2.75, 3.05) is 19.0 Å². The number of hydrogen-bond acceptors (Lipinski definition) is 7. The molecule has 0 aliphatic carbocycles. The van der Waals surface area contributed by atoms with Crippen LogP contribution in [0.5, 0.6) is 11.5 Å². The molecule has 2 aromatic carbocycles. The topological polar surface area (TPSA) is 72.8 Å². The summed E-state index contributed by atoms with van der Waals surface area (Å²) in [6.07, 6.45) is 3.61. The minimum atomic E-state index is -0.198. The van der Waals surface area contributed by atoms with E-state index in [4.69, 9.17) is 9.47 Å². The van der Waals surface area contributed by atoms with Crippen molar-refractivity contribution >= 4 is 51.2 Å². The second-order valence-corrected chi connectivity index (χ2v) is 9.85. The molecule has 0 saturated carbocycles. The van der Waals surface area contributed by atoms with E-state index in [1.165, 1.54) is 23.1 Å². The van der Waals surface area contributed by atoms with Crippen LogP contribution in [0.4, 0.5) is 0 Å². The first kappa shape index (κ1) is 25.3. The summed E-state index contributed by atoms with van der Waals surface area (Å²) in [7, 11) is 0. The molecule has 0 aliphatic rings. The molecule has 0 fully saturated rings. The van der Waals surface area contributed by atoms with Gasteiger partial charge in [0.2, 0.25) is 0 Å². The zero-order chi connectivity index (χ0) is 23.5. The quantitative estimate of drug-likeness (QED) is 0.123. The molecule has 0 aliphatic heterocycles. The van der Waals surface area contributed by atoms with Crippen LogP contribution in [0.3, 0.4) is 0 Å². The highest BCUT2D eigenvalue weighted by atomic mass is 79.9. The van der Waals surface area contributed by atoms with Gasteiger partial charge < -0.3 is 9.47 Å². The zero-order valence-electron chi connectivity index (χ0n) is 18.5. The van der Waals surface area contributed by atoms with Crippen LogP contribution in [0.15, 0.2) is 61.8 Å². The summed E-state index contributed by atoms with van der Waals surface area (Å²) in [4.78, 5) is 16.8. The third-order valence-corrected chi connectivity index (χ3v) is 6.97. The van der Waals surface area contributed by atoms with Gasteiger partial charge in [0, 0.05) is 10.9 Å². The Bertz CT molecular complexity index is 1070. The summed E-state index contributed by atoms with van der Waals surface area (Å²) >= 11 is 6.46. The van der Waals surface area contributed by atoms with Gasteiger partial charge in [-0.05, 0) is 47.0 Å². The predicted molar refractivity (Wildman–Crippen MR) is 140 cm³/mol. The highest BCUT2D eigenvalue weighted by molar-refractivity contribution is 9.10. The molecule has 0 bridgehead atoms. The second kappa shape index (κ2) is 13.4. The first-order valence-electron chi connectivity index (χ1n) is 10.7. The first-order valence-corrected chi connectivity index (χ1v) is 13.3. The van der Waals surface area contributed by atoms with Crippen LogP contribution in [0.25, 0.3) is 11.3 Å². The van der Waals surface area contributed by atoms with Crippen LogP contribution < -0.4 is 14.9 Å². The Kier molecular flexibility index (Phi) is 10.2. The second-order valence-electron chi connectivity index (χ2n) is 6.91. The van der Waals surface area contributed by atoms with Crippen LogP contribution >= 0.6 is 39.0 Å². The standard InChI is InChI=1S/C24H26BrN3O3S2/c1-3-5-11-31-23-19(25)12-17(13-21(23)30-4-2)14-26-28-22(29)16-33-24-27-20(15-32-24)18-9-7-6-8-10-18/h6-10,12-15H,3-5,11,16H2,1-2H3,(H,28,29)/b26-14+. The Labute approximate surface area is 210 Å². The molecule has 0 saturated heterocycles. The normalized spacial score (nSPS) is 11.0. The molecule has 9 heteroatoms. The van der Waals surface area contributed by atoms with Gasteiger partial charge in [-0.25, -0.2) is 10.4 Å². The zero-order valence-corrected chi connectivity index (χ0v) is 21.8. The monoisotopic (exact) mass is 547 g/mol. The van der Waals surface area contributed by atoms with Gasteiger partial charge in [0.15, 0.2) is 15.8 Å². The average Bonchev–Trinajstić information content (AvgIpc) is 3.29. The van der Waals surface area contributed by atoms with Crippen LogP contribution in [-0.4, -0.2) is 36.1 Å². The molecule has 1 N–H and O–H groups in total. The fourth-order valence-corrected chi connectivity index (χ4v) is 4.99. The van der Waals surface area contributed by atoms with Crippen molar-refractivity contribution in [3.8, 4) is 22.8 Å². The number of unbranched alkanes of at least 4 members (excludes halogenated alkanes) is 1. The Morgan fingerprint density at radius 2 is 2.06 bits per heavy atom. The summed E-state index contributed by atoms with van der Waals surface area (Å²) in [6.45, 7) is 5.19. The van der Waals surface area contributed by atoms with Gasteiger partial charge in [-0.3, -0.25) is 4.79 Å². The lowest BCUT2D eigenvalue weighted by atomic mass is 10.2. The third-order valence-electron chi connectivity index (χ3n) is 4.36. The van der Waals surface area contributed by atoms with E-state index in [1.807, 2.05) is 54.8 Å². The summed E-state index contributed by atoms with van der Waals surface area (Å²) in [5.74, 6) is 1.36. The molecule has 1 heterocycles. The first-order chi connectivity index (χ1) is 16.1. The van der Waals surface area contributed by atoms with Gasteiger partial charge in [0.1, 0.15) is 0 Å². The molecule has 0 unspecified atom stereocenters. The SMILES string of the molecule is CCCCOc1c(Br)cc(/C=N/NC(=O)CSc2nc(-c3ccccc3)cs2)cc1OCC. The molecule has 0 atom stereocenters. The van der Waals surface area contributed by atoms with E-state index in [0.717, 1.165) is 38.5 Å². The minimum Gasteiger partial charge on any atom is -0.490 e. The van der Waals surface area contributed by atoms with E-state index in [1.54, 1.807) is 6.21 Å². The molecule has 1 amide bonds. The van der Waals surface area contributed by atoms with Gasteiger partial charge in [-0.2, -0.15) is 5.10 Å². The molecular formula is C24H26BrN3O3S2. The number of carbonyl (C=O) groups is 1. The number of halogens is 1. The number of nitrogens with one attached hydrogen (secondary N) is 1. The predicted octanol–water partition coefficient (Wildman–Crippen LogP) is 6.39.